The summed E-state index contributed by atoms with van der Waals surface area (Å²) in [5.74, 6) is 0.370. The molecule has 0 aromatic carbocycles. The maximum Gasteiger partial charge on any atom is 0.331 e. The van der Waals surface area contributed by atoms with Crippen molar-refractivity contribution < 1.29 is 9.53 Å². The molecule has 0 N–H and O–H groups in total. The van der Waals surface area contributed by atoms with Crippen molar-refractivity contribution in [2.24, 2.45) is 5.92 Å². The first-order valence-corrected chi connectivity index (χ1v) is 6.39. The highest BCUT2D eigenvalue weighted by Gasteiger charge is 1.97. The fraction of sp³-hybridized carbons (Fsp3) is 0.714. The van der Waals surface area contributed by atoms with Crippen LogP contribution < -0.4 is 0 Å². The Morgan fingerprint density at radius 1 is 1.24 bits per heavy atom. The van der Waals surface area contributed by atoms with Gasteiger partial charge in [0.25, 0.3) is 0 Å². The van der Waals surface area contributed by atoms with E-state index >= 15 is 0 Å². The third kappa shape index (κ3) is 12.6. The molecule has 0 spiro atoms. The van der Waals surface area contributed by atoms with Crippen LogP contribution in [0.4, 0.5) is 0 Å². The molecule has 3 nitrogen and oxygen atoms in total. The molecule has 0 radical (unpaired) electrons. The molecule has 0 saturated carbocycles. The van der Waals surface area contributed by atoms with Gasteiger partial charge in [0.2, 0.25) is 0 Å². The van der Waals surface area contributed by atoms with Gasteiger partial charge < -0.3 is 4.74 Å². The average Bonchev–Trinajstić information content (AvgIpc) is 2.29. The smallest absolute Gasteiger partial charge is 0.331 e. The molecule has 0 bridgehead atoms. The second-order valence-corrected chi connectivity index (χ2v) is 4.58. The molecule has 17 heavy (non-hydrogen) atoms. The summed E-state index contributed by atoms with van der Waals surface area (Å²) in [5, 5.41) is 8.20. The van der Waals surface area contributed by atoms with E-state index in [4.69, 9.17) is 10.00 Å². The minimum Gasteiger partial charge on any atom is -0.463 e. The zero-order chi connectivity index (χ0) is 12.9. The Kier molecular flexibility index (Phi) is 10.3. The van der Waals surface area contributed by atoms with Crippen molar-refractivity contribution in [3.63, 3.8) is 0 Å². The summed E-state index contributed by atoms with van der Waals surface area (Å²) < 4.78 is 4.91. The maximum atomic E-state index is 11.0. The van der Waals surface area contributed by atoms with Gasteiger partial charge in [-0.05, 0) is 12.3 Å². The number of unbranched alkanes of at least 4 members (excludes halogenated alkanes) is 4. The second-order valence-electron chi connectivity index (χ2n) is 4.58. The first-order valence-electron chi connectivity index (χ1n) is 6.39. The SMILES string of the molecule is CC(C)CCCCCCCOC(=O)C=CC#N. The molecule has 3 heteroatoms. The number of ether oxygens (including phenoxy) is 1. The Hall–Kier alpha value is -1.30. The van der Waals surface area contributed by atoms with Crippen molar-refractivity contribution in [2.45, 2.75) is 52.4 Å². The molecule has 0 amide bonds. The van der Waals surface area contributed by atoms with Crippen molar-refractivity contribution in [1.82, 2.24) is 0 Å². The molecule has 0 aliphatic rings. The standard InChI is InChI=1S/C14H23NO2/c1-13(2)9-6-4-3-5-7-12-17-14(16)10-8-11-15/h8,10,13H,3-7,9,12H2,1-2H3. The van der Waals surface area contributed by atoms with Gasteiger partial charge in [-0.2, -0.15) is 5.26 Å². The molecule has 0 aliphatic heterocycles. The van der Waals surface area contributed by atoms with Crippen LogP contribution in [0.25, 0.3) is 0 Å². The van der Waals surface area contributed by atoms with Crippen molar-refractivity contribution in [3.8, 4) is 6.07 Å². The highest BCUT2D eigenvalue weighted by atomic mass is 16.5. The van der Waals surface area contributed by atoms with Crippen LogP contribution in [0.2, 0.25) is 0 Å². The summed E-state index contributed by atoms with van der Waals surface area (Å²) in [4.78, 5) is 11.0. The molecule has 0 unspecified atom stereocenters. The molecule has 0 heterocycles. The van der Waals surface area contributed by atoms with E-state index in [1.165, 1.54) is 25.7 Å². The lowest BCUT2D eigenvalue weighted by Gasteiger charge is -2.04. The lowest BCUT2D eigenvalue weighted by molar-refractivity contribution is -0.137. The highest BCUT2D eigenvalue weighted by molar-refractivity contribution is 5.82. The summed E-state index contributed by atoms with van der Waals surface area (Å²) in [6.45, 7) is 4.95. The van der Waals surface area contributed by atoms with Crippen molar-refractivity contribution in [3.05, 3.63) is 12.2 Å². The van der Waals surface area contributed by atoms with Gasteiger partial charge in [0.05, 0.1) is 12.7 Å². The molecule has 0 aliphatic carbocycles. The average molecular weight is 237 g/mol. The van der Waals surface area contributed by atoms with E-state index in [-0.39, 0.29) is 0 Å². The van der Waals surface area contributed by atoms with E-state index in [9.17, 15) is 4.79 Å². The van der Waals surface area contributed by atoms with Crippen LogP contribution in [0.5, 0.6) is 0 Å². The van der Waals surface area contributed by atoms with Crippen LogP contribution in [0.1, 0.15) is 52.4 Å². The van der Waals surface area contributed by atoms with Gasteiger partial charge in [-0.1, -0.05) is 46.0 Å². The number of esters is 1. The van der Waals surface area contributed by atoms with E-state index in [0.29, 0.717) is 6.61 Å². The Balaban J connectivity index is 3.22. The Bertz CT molecular complexity index is 264. The highest BCUT2D eigenvalue weighted by Crippen LogP contribution is 2.10. The lowest BCUT2D eigenvalue weighted by Crippen LogP contribution is -2.02. The summed E-state index contributed by atoms with van der Waals surface area (Å²) >= 11 is 0. The monoisotopic (exact) mass is 237 g/mol. The number of nitriles is 1. The quantitative estimate of drug-likeness (QED) is 0.266. The van der Waals surface area contributed by atoms with Gasteiger partial charge in [-0.15, -0.1) is 0 Å². The molecular formula is C14H23NO2. The van der Waals surface area contributed by atoms with Crippen LogP contribution in [-0.2, 0) is 9.53 Å². The van der Waals surface area contributed by atoms with Crippen LogP contribution in [0.3, 0.4) is 0 Å². The second kappa shape index (κ2) is 11.2. The van der Waals surface area contributed by atoms with Gasteiger partial charge in [-0.3, -0.25) is 0 Å². The van der Waals surface area contributed by atoms with Gasteiger partial charge in [0, 0.05) is 12.2 Å². The maximum absolute atomic E-state index is 11.0. The van der Waals surface area contributed by atoms with Crippen LogP contribution in [0, 0.1) is 17.2 Å². The first kappa shape index (κ1) is 15.7. The predicted octanol–water partition coefficient (Wildman–Crippen LogP) is 3.61. The number of rotatable bonds is 9. The van der Waals surface area contributed by atoms with Gasteiger partial charge >= 0.3 is 5.97 Å². The van der Waals surface area contributed by atoms with Crippen molar-refractivity contribution in [2.75, 3.05) is 6.61 Å². The van der Waals surface area contributed by atoms with E-state index in [1.807, 2.05) is 0 Å². The van der Waals surface area contributed by atoms with E-state index in [1.54, 1.807) is 6.07 Å². The third-order valence-corrected chi connectivity index (χ3v) is 2.46. The summed E-state index contributed by atoms with van der Waals surface area (Å²) in [6, 6.07) is 1.75. The zero-order valence-corrected chi connectivity index (χ0v) is 10.9. The van der Waals surface area contributed by atoms with Crippen LogP contribution in [-0.4, -0.2) is 12.6 Å². The van der Waals surface area contributed by atoms with E-state index in [0.717, 1.165) is 30.9 Å². The number of carbonyl (C=O) groups is 1. The third-order valence-electron chi connectivity index (χ3n) is 2.46. The molecular weight excluding hydrogens is 214 g/mol. The molecule has 0 aromatic rings. The number of hydrogen-bond donors (Lipinski definition) is 0. The Labute approximate surface area is 104 Å². The van der Waals surface area contributed by atoms with E-state index in [2.05, 4.69) is 13.8 Å². The summed E-state index contributed by atoms with van der Waals surface area (Å²) in [6.07, 6.45) is 9.37. The molecule has 0 saturated heterocycles. The fourth-order valence-electron chi connectivity index (χ4n) is 1.51. The molecule has 0 fully saturated rings. The Morgan fingerprint density at radius 3 is 2.53 bits per heavy atom. The van der Waals surface area contributed by atoms with Crippen LogP contribution >= 0.6 is 0 Å². The van der Waals surface area contributed by atoms with Gasteiger partial charge in [0.1, 0.15) is 0 Å². The summed E-state index contributed by atoms with van der Waals surface area (Å²) in [7, 11) is 0. The van der Waals surface area contributed by atoms with Crippen LogP contribution in [0.15, 0.2) is 12.2 Å². The predicted molar refractivity (Wildman–Crippen MR) is 68.3 cm³/mol. The van der Waals surface area contributed by atoms with Gasteiger partial charge in [0.15, 0.2) is 0 Å². The fourth-order valence-corrected chi connectivity index (χ4v) is 1.51. The lowest BCUT2D eigenvalue weighted by atomic mass is 10.0. The molecule has 0 aromatic heterocycles. The number of hydrogen-bond acceptors (Lipinski definition) is 3. The van der Waals surface area contributed by atoms with Gasteiger partial charge in [-0.25, -0.2) is 4.79 Å². The molecule has 0 atom stereocenters. The Morgan fingerprint density at radius 2 is 1.88 bits per heavy atom. The minimum absolute atomic E-state index is 0.425. The minimum atomic E-state index is -0.425. The normalized spacial score (nSPS) is 10.7. The number of carbonyl (C=O) groups excluding carboxylic acids is 1. The largest absolute Gasteiger partial charge is 0.463 e. The zero-order valence-electron chi connectivity index (χ0n) is 10.9. The number of nitrogens with zero attached hydrogens (tertiary/aromatic N) is 1. The number of allylic oxidation sites excluding steroid dienone is 1. The molecule has 96 valence electrons. The molecule has 0 rings (SSSR count). The van der Waals surface area contributed by atoms with E-state index < -0.39 is 5.97 Å². The van der Waals surface area contributed by atoms with Crippen molar-refractivity contribution in [1.29, 1.82) is 5.26 Å². The van der Waals surface area contributed by atoms with Crippen molar-refractivity contribution >= 4 is 5.97 Å². The topological polar surface area (TPSA) is 50.1 Å². The first-order chi connectivity index (χ1) is 8.16. The summed E-state index contributed by atoms with van der Waals surface area (Å²) in [5.41, 5.74) is 0.